The van der Waals surface area contributed by atoms with E-state index in [0.29, 0.717) is 23.1 Å². The summed E-state index contributed by atoms with van der Waals surface area (Å²) in [5, 5.41) is 0. The zero-order valence-electron chi connectivity index (χ0n) is 12.5. The Morgan fingerprint density at radius 3 is 2.00 bits per heavy atom. The van der Waals surface area contributed by atoms with E-state index < -0.39 is 0 Å². The molecule has 3 heteroatoms. The van der Waals surface area contributed by atoms with Crippen LogP contribution in [0, 0.1) is 0 Å². The van der Waals surface area contributed by atoms with E-state index >= 15 is 0 Å². The van der Waals surface area contributed by atoms with Crippen molar-refractivity contribution in [2.75, 3.05) is 13.7 Å². The predicted octanol–water partition coefficient (Wildman–Crippen LogP) is 3.39. The van der Waals surface area contributed by atoms with E-state index in [0.717, 1.165) is 37.9 Å². The Kier molecular flexibility index (Phi) is 6.16. The lowest BCUT2D eigenvalue weighted by Crippen LogP contribution is -2.20. The second-order valence-corrected chi connectivity index (χ2v) is 5.17. The van der Waals surface area contributed by atoms with Gasteiger partial charge in [-0.2, -0.15) is 0 Å². The third kappa shape index (κ3) is 3.87. The van der Waals surface area contributed by atoms with Gasteiger partial charge in [0.2, 0.25) is 0 Å². The van der Waals surface area contributed by atoms with Crippen LogP contribution in [0.5, 0.6) is 0 Å². The molecular formula is C16H24O3. The van der Waals surface area contributed by atoms with E-state index in [9.17, 15) is 9.59 Å². The standard InChI is InChI=1S/C16H24O3/c1-11-12(2)16(18)14(13(3)15(11)17)9-7-5-6-8-10-19-4/h5-10H2,1-4H3. The van der Waals surface area contributed by atoms with E-state index in [1.54, 1.807) is 27.9 Å². The monoisotopic (exact) mass is 264 g/mol. The average Bonchev–Trinajstić information content (AvgIpc) is 2.41. The van der Waals surface area contributed by atoms with Crippen LogP contribution in [0.4, 0.5) is 0 Å². The third-order valence-electron chi connectivity index (χ3n) is 3.84. The molecule has 106 valence electrons. The van der Waals surface area contributed by atoms with Gasteiger partial charge in [-0.05, 0) is 40.0 Å². The number of ether oxygens (including phenoxy) is 1. The molecule has 0 heterocycles. The van der Waals surface area contributed by atoms with E-state index in [2.05, 4.69) is 0 Å². The van der Waals surface area contributed by atoms with Gasteiger partial charge in [0.1, 0.15) is 0 Å². The first kappa shape index (κ1) is 15.8. The number of methoxy groups -OCH3 is 1. The van der Waals surface area contributed by atoms with Crippen LogP contribution in [0.15, 0.2) is 22.3 Å². The van der Waals surface area contributed by atoms with Crippen LogP contribution in [0.25, 0.3) is 0 Å². The van der Waals surface area contributed by atoms with Gasteiger partial charge >= 0.3 is 0 Å². The summed E-state index contributed by atoms with van der Waals surface area (Å²) in [5.74, 6) is 0.0953. The van der Waals surface area contributed by atoms with Crippen LogP contribution in [0.3, 0.4) is 0 Å². The molecule has 0 saturated carbocycles. The molecule has 0 aromatic heterocycles. The molecule has 0 aromatic carbocycles. The maximum Gasteiger partial charge on any atom is 0.185 e. The molecule has 0 amide bonds. The highest BCUT2D eigenvalue weighted by Gasteiger charge is 2.26. The summed E-state index contributed by atoms with van der Waals surface area (Å²) < 4.78 is 5.00. The summed E-state index contributed by atoms with van der Waals surface area (Å²) in [5.41, 5.74) is 2.58. The summed E-state index contributed by atoms with van der Waals surface area (Å²) >= 11 is 0. The van der Waals surface area contributed by atoms with Gasteiger partial charge in [0.15, 0.2) is 11.6 Å². The van der Waals surface area contributed by atoms with E-state index in [-0.39, 0.29) is 11.6 Å². The van der Waals surface area contributed by atoms with Crippen molar-refractivity contribution in [1.29, 1.82) is 0 Å². The summed E-state index contributed by atoms with van der Waals surface area (Å²) in [4.78, 5) is 24.2. The van der Waals surface area contributed by atoms with Crippen molar-refractivity contribution in [3.05, 3.63) is 22.3 Å². The molecular weight excluding hydrogens is 240 g/mol. The van der Waals surface area contributed by atoms with E-state index in [1.165, 1.54) is 0 Å². The molecule has 0 N–H and O–H groups in total. The zero-order chi connectivity index (χ0) is 14.4. The molecule has 0 fully saturated rings. The maximum absolute atomic E-state index is 12.2. The van der Waals surface area contributed by atoms with Gasteiger partial charge in [-0.3, -0.25) is 9.59 Å². The number of ketones is 2. The van der Waals surface area contributed by atoms with Crippen LogP contribution in [-0.2, 0) is 14.3 Å². The highest BCUT2D eigenvalue weighted by atomic mass is 16.5. The minimum atomic E-state index is 0.0338. The number of rotatable bonds is 7. The number of Topliss-reactive ketones (excluding diaryl/α,β-unsaturated/α-hetero) is 2. The highest BCUT2D eigenvalue weighted by Crippen LogP contribution is 2.27. The fraction of sp³-hybridized carbons (Fsp3) is 0.625. The number of carbonyl (C=O) groups is 2. The molecule has 1 aliphatic carbocycles. The van der Waals surface area contributed by atoms with Gasteiger partial charge in [-0.1, -0.05) is 12.8 Å². The molecule has 0 aliphatic heterocycles. The first-order valence-electron chi connectivity index (χ1n) is 6.96. The van der Waals surface area contributed by atoms with Crippen LogP contribution < -0.4 is 0 Å². The van der Waals surface area contributed by atoms with E-state index in [1.807, 2.05) is 0 Å². The first-order valence-corrected chi connectivity index (χ1v) is 6.96. The molecule has 0 spiro atoms. The molecule has 0 saturated heterocycles. The summed E-state index contributed by atoms with van der Waals surface area (Å²) in [7, 11) is 1.71. The van der Waals surface area contributed by atoms with Crippen molar-refractivity contribution in [3.8, 4) is 0 Å². The quantitative estimate of drug-likeness (QED) is 0.523. The molecule has 0 radical (unpaired) electrons. The normalized spacial score (nSPS) is 16.6. The van der Waals surface area contributed by atoms with Crippen molar-refractivity contribution in [2.24, 2.45) is 0 Å². The van der Waals surface area contributed by atoms with Gasteiger partial charge in [-0.15, -0.1) is 0 Å². The molecule has 1 rings (SSSR count). The predicted molar refractivity (Wildman–Crippen MR) is 76.0 cm³/mol. The molecule has 3 nitrogen and oxygen atoms in total. The molecule has 0 bridgehead atoms. The van der Waals surface area contributed by atoms with Gasteiger partial charge in [0.05, 0.1) is 0 Å². The Labute approximate surface area is 115 Å². The lowest BCUT2D eigenvalue weighted by molar-refractivity contribution is -0.116. The highest BCUT2D eigenvalue weighted by molar-refractivity contribution is 6.24. The summed E-state index contributed by atoms with van der Waals surface area (Å²) in [6.07, 6.45) is 4.91. The fourth-order valence-electron chi connectivity index (χ4n) is 2.36. The maximum atomic E-state index is 12.2. The Balaban J connectivity index is 2.53. The number of hydrogen-bond acceptors (Lipinski definition) is 3. The lowest BCUT2D eigenvalue weighted by Gasteiger charge is -2.18. The average molecular weight is 264 g/mol. The zero-order valence-corrected chi connectivity index (χ0v) is 12.5. The summed E-state index contributed by atoms with van der Waals surface area (Å²) in [6, 6.07) is 0. The van der Waals surface area contributed by atoms with E-state index in [4.69, 9.17) is 4.74 Å². The molecule has 0 unspecified atom stereocenters. The minimum Gasteiger partial charge on any atom is -0.385 e. The van der Waals surface area contributed by atoms with Gasteiger partial charge in [-0.25, -0.2) is 0 Å². The number of unbranched alkanes of at least 4 members (excludes halogenated alkanes) is 3. The van der Waals surface area contributed by atoms with Crippen molar-refractivity contribution in [1.82, 2.24) is 0 Å². The molecule has 0 atom stereocenters. The van der Waals surface area contributed by atoms with Gasteiger partial charge < -0.3 is 4.74 Å². The lowest BCUT2D eigenvalue weighted by atomic mass is 9.84. The minimum absolute atomic E-state index is 0.0338. The van der Waals surface area contributed by atoms with Crippen molar-refractivity contribution in [2.45, 2.75) is 52.9 Å². The topological polar surface area (TPSA) is 43.4 Å². The molecule has 1 aliphatic rings. The number of carbonyl (C=O) groups excluding carboxylic acids is 2. The van der Waals surface area contributed by atoms with Crippen molar-refractivity contribution >= 4 is 11.6 Å². The largest absolute Gasteiger partial charge is 0.385 e. The molecule has 19 heavy (non-hydrogen) atoms. The first-order chi connectivity index (χ1) is 9.00. The SMILES string of the molecule is COCCCCCCC1=C(C)C(=O)C(C)=C(C)C1=O. The smallest absolute Gasteiger partial charge is 0.185 e. The number of allylic oxidation sites excluding steroid dienone is 4. The Bertz CT molecular complexity index is 427. The number of hydrogen-bond donors (Lipinski definition) is 0. The van der Waals surface area contributed by atoms with Crippen LogP contribution in [-0.4, -0.2) is 25.3 Å². The van der Waals surface area contributed by atoms with Crippen LogP contribution in [0.2, 0.25) is 0 Å². The third-order valence-corrected chi connectivity index (χ3v) is 3.84. The Morgan fingerprint density at radius 2 is 1.37 bits per heavy atom. The Hall–Kier alpha value is -1.22. The second-order valence-electron chi connectivity index (χ2n) is 5.17. The van der Waals surface area contributed by atoms with Crippen LogP contribution in [0.1, 0.15) is 52.9 Å². The van der Waals surface area contributed by atoms with Crippen molar-refractivity contribution < 1.29 is 14.3 Å². The fourth-order valence-corrected chi connectivity index (χ4v) is 2.36. The Morgan fingerprint density at radius 1 is 0.789 bits per heavy atom. The van der Waals surface area contributed by atoms with Crippen LogP contribution >= 0.6 is 0 Å². The summed E-state index contributed by atoms with van der Waals surface area (Å²) in [6.45, 7) is 6.05. The van der Waals surface area contributed by atoms with Gasteiger partial charge in [0, 0.05) is 36.0 Å². The van der Waals surface area contributed by atoms with Crippen molar-refractivity contribution in [3.63, 3.8) is 0 Å². The molecule has 0 aromatic rings. The van der Waals surface area contributed by atoms with Gasteiger partial charge in [0.25, 0.3) is 0 Å². The second kappa shape index (κ2) is 7.39.